The van der Waals surface area contributed by atoms with Crippen LogP contribution in [0, 0.1) is 11.3 Å². The Morgan fingerprint density at radius 3 is 2.33 bits per heavy atom. The number of amides is 2. The number of esters is 1. The second-order valence-corrected chi connectivity index (χ2v) is 9.26. The van der Waals surface area contributed by atoms with Crippen molar-refractivity contribution in [1.82, 2.24) is 15.1 Å². The molecular formula is C24H37N3O3. The Bertz CT molecular complexity index is 728. The summed E-state index contributed by atoms with van der Waals surface area (Å²) in [6.07, 6.45) is 2.76. The maximum atomic E-state index is 12.9. The first-order chi connectivity index (χ1) is 14.3. The average Bonchev–Trinajstić information content (AvgIpc) is 2.75. The van der Waals surface area contributed by atoms with E-state index in [0.717, 1.165) is 38.9 Å². The van der Waals surface area contributed by atoms with E-state index < -0.39 is 6.04 Å². The number of likely N-dealkylation sites (tertiary alicyclic amines) is 2. The van der Waals surface area contributed by atoms with Crippen LogP contribution in [0.5, 0.6) is 0 Å². The fourth-order valence-corrected chi connectivity index (χ4v) is 5.05. The van der Waals surface area contributed by atoms with Crippen LogP contribution < -0.4 is 5.32 Å². The number of nitrogens with one attached hydrogen (secondary N) is 1. The van der Waals surface area contributed by atoms with Gasteiger partial charge in [-0.25, -0.2) is 9.59 Å². The minimum absolute atomic E-state index is 0.0335. The summed E-state index contributed by atoms with van der Waals surface area (Å²) in [5.74, 6) is -0.340. The first-order valence-electron chi connectivity index (χ1n) is 11.3. The molecule has 1 spiro atoms. The Labute approximate surface area is 180 Å². The molecule has 1 aromatic carbocycles. The van der Waals surface area contributed by atoms with Gasteiger partial charge in [-0.05, 0) is 38.2 Å². The Kier molecular flexibility index (Phi) is 7.06. The van der Waals surface area contributed by atoms with Gasteiger partial charge in [0.1, 0.15) is 6.04 Å². The number of hydrogen-bond acceptors (Lipinski definition) is 4. The van der Waals surface area contributed by atoms with Gasteiger partial charge in [0.2, 0.25) is 0 Å². The molecule has 6 nitrogen and oxygen atoms in total. The van der Waals surface area contributed by atoms with E-state index in [9.17, 15) is 9.59 Å². The predicted molar refractivity (Wildman–Crippen MR) is 118 cm³/mol. The van der Waals surface area contributed by atoms with Gasteiger partial charge in [-0.15, -0.1) is 0 Å². The largest absolute Gasteiger partial charge is 0.467 e. The maximum absolute atomic E-state index is 12.9. The zero-order valence-corrected chi connectivity index (χ0v) is 19.1. The molecular weight excluding hydrogens is 378 g/mol. The molecule has 0 aliphatic carbocycles. The van der Waals surface area contributed by atoms with E-state index in [0.29, 0.717) is 12.1 Å². The summed E-state index contributed by atoms with van der Waals surface area (Å²) in [6, 6.07) is 10.9. The molecule has 2 saturated heterocycles. The summed E-state index contributed by atoms with van der Waals surface area (Å²) in [7, 11) is 1.37. The molecule has 2 amide bonds. The molecule has 3 rings (SSSR count). The Balaban J connectivity index is 1.66. The summed E-state index contributed by atoms with van der Waals surface area (Å²) in [4.78, 5) is 29.5. The second-order valence-electron chi connectivity index (χ2n) is 9.26. The molecule has 3 atom stereocenters. The van der Waals surface area contributed by atoms with Gasteiger partial charge in [0, 0.05) is 37.1 Å². The summed E-state index contributed by atoms with van der Waals surface area (Å²) in [5.41, 5.74) is 1.60. The number of urea groups is 1. The van der Waals surface area contributed by atoms with Gasteiger partial charge in [0.05, 0.1) is 7.11 Å². The van der Waals surface area contributed by atoms with E-state index in [1.54, 1.807) is 0 Å². The topological polar surface area (TPSA) is 61.9 Å². The van der Waals surface area contributed by atoms with E-state index in [1.165, 1.54) is 12.7 Å². The van der Waals surface area contributed by atoms with Crippen LogP contribution in [-0.2, 0) is 9.53 Å². The molecule has 166 valence electrons. The van der Waals surface area contributed by atoms with Crippen molar-refractivity contribution in [1.29, 1.82) is 0 Å². The highest BCUT2D eigenvalue weighted by Crippen LogP contribution is 2.55. The minimum Gasteiger partial charge on any atom is -0.467 e. The Morgan fingerprint density at radius 2 is 1.80 bits per heavy atom. The standard InChI is InChI=1S/C24H37N3O3/c1-6-18(4)20(22(28)30-5)25-23(29)26-14-12-24(13-15-26)16-27(17(2)3)21(24)19-10-8-7-9-11-19/h7-11,17-18,20-21H,6,12-16H2,1-5H3,(H,25,29)/t18-,20-,21?/m0/s1. The molecule has 0 bridgehead atoms. The molecule has 6 heteroatoms. The van der Waals surface area contributed by atoms with Crippen LogP contribution in [0.3, 0.4) is 0 Å². The highest BCUT2D eigenvalue weighted by molar-refractivity contribution is 5.83. The summed E-state index contributed by atoms with van der Waals surface area (Å²) in [5, 5.41) is 2.92. The number of benzene rings is 1. The lowest BCUT2D eigenvalue weighted by atomic mass is 9.62. The Morgan fingerprint density at radius 1 is 1.17 bits per heavy atom. The van der Waals surface area contributed by atoms with Crippen molar-refractivity contribution in [3.8, 4) is 0 Å². The van der Waals surface area contributed by atoms with Crippen molar-refractivity contribution in [3.63, 3.8) is 0 Å². The van der Waals surface area contributed by atoms with Crippen molar-refractivity contribution in [2.75, 3.05) is 26.7 Å². The van der Waals surface area contributed by atoms with Crippen LogP contribution >= 0.6 is 0 Å². The molecule has 2 fully saturated rings. The summed E-state index contributed by atoms with van der Waals surface area (Å²) >= 11 is 0. The zero-order valence-electron chi connectivity index (χ0n) is 19.1. The fraction of sp³-hybridized carbons (Fsp3) is 0.667. The first-order valence-corrected chi connectivity index (χ1v) is 11.3. The lowest BCUT2D eigenvalue weighted by Crippen LogP contribution is -2.64. The molecule has 1 unspecified atom stereocenters. The number of nitrogens with zero attached hydrogens (tertiary/aromatic N) is 2. The van der Waals surface area contributed by atoms with Crippen molar-refractivity contribution >= 4 is 12.0 Å². The lowest BCUT2D eigenvalue weighted by Gasteiger charge is -2.62. The van der Waals surface area contributed by atoms with Crippen LogP contribution in [-0.4, -0.2) is 60.6 Å². The first kappa shape index (κ1) is 22.6. The van der Waals surface area contributed by atoms with Crippen LogP contribution in [0.2, 0.25) is 0 Å². The second kappa shape index (κ2) is 9.38. The number of ether oxygens (including phenoxy) is 1. The monoisotopic (exact) mass is 415 g/mol. The normalized spacial score (nSPS) is 23.0. The number of piperidine rings is 1. The molecule has 0 aromatic heterocycles. The SMILES string of the molecule is CC[C@H](C)[C@H](NC(=O)N1CCC2(CC1)CN(C(C)C)C2c1ccccc1)C(=O)OC. The third-order valence-corrected chi connectivity index (χ3v) is 7.18. The highest BCUT2D eigenvalue weighted by atomic mass is 16.5. The molecule has 2 aliphatic heterocycles. The lowest BCUT2D eigenvalue weighted by molar-refractivity contribution is -0.144. The van der Waals surface area contributed by atoms with Crippen LogP contribution in [0.1, 0.15) is 58.6 Å². The van der Waals surface area contributed by atoms with Gasteiger partial charge >= 0.3 is 12.0 Å². The third-order valence-electron chi connectivity index (χ3n) is 7.18. The molecule has 2 heterocycles. The number of methoxy groups -OCH3 is 1. The van der Waals surface area contributed by atoms with Gasteiger partial charge in [0.15, 0.2) is 0 Å². The fourth-order valence-electron chi connectivity index (χ4n) is 5.05. The van der Waals surface area contributed by atoms with Crippen molar-refractivity contribution in [2.45, 2.75) is 65.1 Å². The number of hydrogen-bond donors (Lipinski definition) is 1. The predicted octanol–water partition coefficient (Wildman–Crippen LogP) is 3.83. The number of carbonyl (C=O) groups excluding carboxylic acids is 2. The number of rotatable bonds is 6. The molecule has 1 aromatic rings. The summed E-state index contributed by atoms with van der Waals surface area (Å²) in [6.45, 7) is 11.0. The molecule has 2 aliphatic rings. The molecule has 0 radical (unpaired) electrons. The minimum atomic E-state index is -0.597. The maximum Gasteiger partial charge on any atom is 0.328 e. The van der Waals surface area contributed by atoms with Crippen molar-refractivity contribution < 1.29 is 14.3 Å². The van der Waals surface area contributed by atoms with E-state index in [-0.39, 0.29) is 23.3 Å². The number of carbonyl (C=O) groups is 2. The molecule has 30 heavy (non-hydrogen) atoms. The van der Waals surface area contributed by atoms with Gasteiger partial charge in [-0.1, -0.05) is 50.6 Å². The van der Waals surface area contributed by atoms with E-state index in [4.69, 9.17) is 4.74 Å². The van der Waals surface area contributed by atoms with Gasteiger partial charge < -0.3 is 15.0 Å². The van der Waals surface area contributed by atoms with Crippen LogP contribution in [0.15, 0.2) is 30.3 Å². The average molecular weight is 416 g/mol. The van der Waals surface area contributed by atoms with E-state index in [1.807, 2.05) is 18.7 Å². The van der Waals surface area contributed by atoms with Crippen molar-refractivity contribution in [2.24, 2.45) is 11.3 Å². The van der Waals surface area contributed by atoms with Crippen LogP contribution in [0.25, 0.3) is 0 Å². The van der Waals surface area contributed by atoms with Crippen molar-refractivity contribution in [3.05, 3.63) is 35.9 Å². The van der Waals surface area contributed by atoms with Gasteiger partial charge in [-0.2, -0.15) is 0 Å². The molecule has 1 N–H and O–H groups in total. The summed E-state index contributed by atoms with van der Waals surface area (Å²) < 4.78 is 4.90. The quantitative estimate of drug-likeness (QED) is 0.718. The molecule has 0 saturated carbocycles. The third kappa shape index (κ3) is 4.34. The van der Waals surface area contributed by atoms with E-state index in [2.05, 4.69) is 54.4 Å². The van der Waals surface area contributed by atoms with E-state index >= 15 is 0 Å². The van der Waals surface area contributed by atoms with Gasteiger partial charge in [0.25, 0.3) is 0 Å². The Hall–Kier alpha value is -2.08. The van der Waals surface area contributed by atoms with Crippen LogP contribution in [0.4, 0.5) is 4.79 Å². The van der Waals surface area contributed by atoms with Gasteiger partial charge in [-0.3, -0.25) is 4.90 Å². The highest BCUT2D eigenvalue weighted by Gasteiger charge is 2.54. The zero-order chi connectivity index (χ0) is 21.9. The smallest absolute Gasteiger partial charge is 0.328 e.